The molecule has 4 heteroatoms. The molecule has 0 aliphatic carbocycles. The van der Waals surface area contributed by atoms with E-state index in [2.05, 4.69) is 0 Å². The van der Waals surface area contributed by atoms with Crippen LogP contribution in [0.15, 0.2) is 12.1 Å². The zero-order chi connectivity index (χ0) is 9.84. The molecule has 0 radical (unpaired) electrons. The van der Waals surface area contributed by atoms with Crippen LogP contribution in [-0.2, 0) is 6.61 Å². The van der Waals surface area contributed by atoms with E-state index in [9.17, 15) is 5.11 Å². The van der Waals surface area contributed by atoms with Gasteiger partial charge in [-0.3, -0.25) is 0 Å². The van der Waals surface area contributed by atoms with E-state index in [1.807, 2.05) is 0 Å². The van der Waals surface area contributed by atoms with Crippen molar-refractivity contribution in [1.82, 2.24) is 0 Å². The first kappa shape index (κ1) is 9.67. The second kappa shape index (κ2) is 4.00. The second-order valence-corrected chi connectivity index (χ2v) is 2.48. The lowest BCUT2D eigenvalue weighted by Gasteiger charge is -2.17. The largest absolute Gasteiger partial charge is 0.870 e. The summed E-state index contributed by atoms with van der Waals surface area (Å²) in [5.74, 6) is 0.384. The summed E-state index contributed by atoms with van der Waals surface area (Å²) in [5, 5.41) is 20.2. The lowest BCUT2D eigenvalue weighted by Crippen LogP contribution is -2.01. The molecule has 0 saturated heterocycles. The van der Waals surface area contributed by atoms with E-state index in [1.54, 1.807) is 0 Å². The van der Waals surface area contributed by atoms with Crippen LogP contribution in [-0.4, -0.2) is 19.3 Å². The predicted molar refractivity (Wildman–Crippen MR) is 44.9 cm³/mol. The van der Waals surface area contributed by atoms with E-state index >= 15 is 0 Å². The Balaban J connectivity index is 3.20. The molecule has 0 heterocycles. The molecule has 72 valence electrons. The number of ether oxygens (including phenoxy) is 2. The Morgan fingerprint density at radius 3 is 2.46 bits per heavy atom. The monoisotopic (exact) mass is 183 g/mol. The molecule has 1 N–H and O–H groups in total. The molecule has 0 saturated carbocycles. The number of benzene rings is 1. The van der Waals surface area contributed by atoms with Crippen LogP contribution in [0.5, 0.6) is 17.2 Å². The highest BCUT2D eigenvalue weighted by molar-refractivity contribution is 5.49. The minimum Gasteiger partial charge on any atom is -0.870 e. The Hall–Kier alpha value is -1.42. The Kier molecular flexibility index (Phi) is 2.97. The van der Waals surface area contributed by atoms with E-state index < -0.39 is 0 Å². The van der Waals surface area contributed by atoms with Gasteiger partial charge in [0.25, 0.3) is 0 Å². The normalized spacial score (nSPS) is 9.77. The third-order valence-electron chi connectivity index (χ3n) is 1.73. The molecule has 13 heavy (non-hydrogen) atoms. The molecule has 0 bridgehead atoms. The fourth-order valence-electron chi connectivity index (χ4n) is 1.02. The topological polar surface area (TPSA) is 61.8 Å². The molecule has 1 aromatic carbocycles. The lowest BCUT2D eigenvalue weighted by atomic mass is 10.2. The molecule has 0 spiro atoms. The van der Waals surface area contributed by atoms with Gasteiger partial charge in [-0.25, -0.2) is 0 Å². The van der Waals surface area contributed by atoms with Crippen LogP contribution in [0, 0.1) is 0 Å². The average molecular weight is 183 g/mol. The molecule has 0 fully saturated rings. The van der Waals surface area contributed by atoms with E-state index in [1.165, 1.54) is 26.4 Å². The van der Waals surface area contributed by atoms with Crippen molar-refractivity contribution >= 4 is 0 Å². The van der Waals surface area contributed by atoms with Crippen molar-refractivity contribution in [2.75, 3.05) is 14.2 Å². The molecule has 1 aromatic rings. The van der Waals surface area contributed by atoms with Gasteiger partial charge in [-0.1, -0.05) is 5.75 Å². The average Bonchev–Trinajstić information content (AvgIpc) is 2.18. The van der Waals surface area contributed by atoms with Gasteiger partial charge in [0.05, 0.1) is 20.8 Å². The Morgan fingerprint density at radius 2 is 2.00 bits per heavy atom. The number of hydrogen-bond donors (Lipinski definition) is 1. The summed E-state index contributed by atoms with van der Waals surface area (Å²) in [6.07, 6.45) is 0. The van der Waals surface area contributed by atoms with E-state index in [0.717, 1.165) is 0 Å². The first-order valence-electron chi connectivity index (χ1n) is 3.75. The Bertz CT molecular complexity index is 271. The smallest absolute Gasteiger partial charge is 0.122 e. The van der Waals surface area contributed by atoms with Gasteiger partial charge in [0.1, 0.15) is 11.5 Å². The van der Waals surface area contributed by atoms with Gasteiger partial charge in [-0.05, 0) is 11.6 Å². The van der Waals surface area contributed by atoms with Crippen molar-refractivity contribution in [1.29, 1.82) is 0 Å². The van der Waals surface area contributed by atoms with Crippen molar-refractivity contribution < 1.29 is 19.7 Å². The molecule has 0 aliphatic rings. The van der Waals surface area contributed by atoms with E-state index in [-0.39, 0.29) is 23.7 Å². The third-order valence-corrected chi connectivity index (χ3v) is 1.73. The Labute approximate surface area is 76.3 Å². The first-order valence-corrected chi connectivity index (χ1v) is 3.75. The highest BCUT2D eigenvalue weighted by atomic mass is 16.5. The molecule has 0 amide bonds. The van der Waals surface area contributed by atoms with Gasteiger partial charge in [-0.15, -0.1) is 0 Å². The summed E-state index contributed by atoms with van der Waals surface area (Å²) < 4.78 is 9.75. The van der Waals surface area contributed by atoms with Crippen molar-refractivity contribution in [3.05, 3.63) is 17.7 Å². The Morgan fingerprint density at radius 1 is 1.31 bits per heavy atom. The van der Waals surface area contributed by atoms with Crippen molar-refractivity contribution in [2.45, 2.75) is 6.61 Å². The minimum atomic E-state index is -0.313. The zero-order valence-electron chi connectivity index (χ0n) is 7.53. The highest BCUT2D eigenvalue weighted by Crippen LogP contribution is 2.32. The van der Waals surface area contributed by atoms with Gasteiger partial charge < -0.3 is 19.7 Å². The fourth-order valence-corrected chi connectivity index (χ4v) is 1.02. The standard InChI is InChI=1S/C9H12O4/c1-12-7-3-6(5-10)9(11)8(4-7)13-2/h3-4,10-11H,5H2,1-2H3/p-1. The minimum absolute atomic E-state index is 0.184. The number of rotatable bonds is 3. The number of aliphatic hydroxyl groups excluding tert-OH is 1. The second-order valence-electron chi connectivity index (χ2n) is 2.48. The summed E-state index contributed by atoms with van der Waals surface area (Å²) in [4.78, 5) is 0. The maximum atomic E-state index is 11.4. The summed E-state index contributed by atoms with van der Waals surface area (Å²) in [6, 6.07) is 2.98. The predicted octanol–water partition coefficient (Wildman–Crippen LogP) is 0.270. The van der Waals surface area contributed by atoms with Crippen LogP contribution in [0.1, 0.15) is 5.56 Å². The van der Waals surface area contributed by atoms with Gasteiger partial charge in [0.2, 0.25) is 0 Å². The molecule has 0 unspecified atom stereocenters. The number of hydrogen-bond acceptors (Lipinski definition) is 4. The SMILES string of the molecule is COc1cc(CO)c([O-])c(OC)c1. The van der Waals surface area contributed by atoms with Gasteiger partial charge in [0, 0.05) is 6.07 Å². The zero-order valence-corrected chi connectivity index (χ0v) is 7.53. The van der Waals surface area contributed by atoms with Crippen molar-refractivity contribution in [2.24, 2.45) is 0 Å². The molecule has 4 nitrogen and oxygen atoms in total. The van der Waals surface area contributed by atoms with E-state index in [0.29, 0.717) is 5.75 Å². The van der Waals surface area contributed by atoms with Crippen LogP contribution in [0.2, 0.25) is 0 Å². The van der Waals surface area contributed by atoms with E-state index in [4.69, 9.17) is 14.6 Å². The number of aliphatic hydroxyl groups is 1. The van der Waals surface area contributed by atoms with Crippen molar-refractivity contribution in [3.63, 3.8) is 0 Å². The molecule has 0 aromatic heterocycles. The fraction of sp³-hybridized carbons (Fsp3) is 0.333. The first-order chi connectivity index (χ1) is 6.22. The van der Waals surface area contributed by atoms with Crippen LogP contribution >= 0.6 is 0 Å². The molecule has 0 aliphatic heterocycles. The van der Waals surface area contributed by atoms with Gasteiger partial charge in [-0.2, -0.15) is 0 Å². The molecule has 0 atom stereocenters. The third kappa shape index (κ3) is 1.84. The van der Waals surface area contributed by atoms with Crippen molar-refractivity contribution in [3.8, 4) is 17.2 Å². The summed E-state index contributed by atoms with van der Waals surface area (Å²) in [7, 11) is 2.89. The van der Waals surface area contributed by atoms with Crippen LogP contribution in [0.4, 0.5) is 0 Å². The highest BCUT2D eigenvalue weighted by Gasteiger charge is 2.03. The summed E-state index contributed by atoms with van der Waals surface area (Å²) >= 11 is 0. The molecule has 1 rings (SSSR count). The van der Waals surface area contributed by atoms with Crippen LogP contribution in [0.3, 0.4) is 0 Å². The van der Waals surface area contributed by atoms with Gasteiger partial charge >= 0.3 is 0 Å². The summed E-state index contributed by atoms with van der Waals surface area (Å²) in [6.45, 7) is -0.313. The maximum absolute atomic E-state index is 11.4. The van der Waals surface area contributed by atoms with Gasteiger partial charge in [0.15, 0.2) is 0 Å². The molecular formula is C9H11O4-. The lowest BCUT2D eigenvalue weighted by molar-refractivity contribution is -0.271. The van der Waals surface area contributed by atoms with Crippen LogP contribution in [0.25, 0.3) is 0 Å². The summed E-state index contributed by atoms with van der Waals surface area (Å²) in [5.41, 5.74) is 0.274. The maximum Gasteiger partial charge on any atom is 0.122 e. The number of methoxy groups -OCH3 is 2. The quantitative estimate of drug-likeness (QED) is 0.730. The molecular weight excluding hydrogens is 172 g/mol. The van der Waals surface area contributed by atoms with Crippen LogP contribution < -0.4 is 14.6 Å².